The van der Waals surface area contributed by atoms with Gasteiger partial charge in [-0.25, -0.2) is 0 Å². The number of carbonyl (C=O) groups excluding carboxylic acids is 1. The zero-order valence-electron chi connectivity index (χ0n) is 11.7. The Hall–Kier alpha value is -0.330. The van der Waals surface area contributed by atoms with Crippen LogP contribution in [0.1, 0.15) is 79.1 Å². The molecule has 0 fully saturated rings. The molecule has 1 unspecified atom stereocenters. The van der Waals surface area contributed by atoms with Crippen LogP contribution in [0.3, 0.4) is 0 Å². The normalized spacial score (nSPS) is 13.1. The molecule has 0 N–H and O–H groups in total. The lowest BCUT2D eigenvalue weighted by atomic mass is 9.91. The first-order valence-corrected chi connectivity index (χ1v) is 7.12. The van der Waals surface area contributed by atoms with Gasteiger partial charge in [-0.1, -0.05) is 66.2 Å². The number of hydrogen-bond acceptors (Lipinski definition) is 1. The Labute approximate surface area is 102 Å². The lowest BCUT2D eigenvalue weighted by Crippen LogP contribution is -2.16. The van der Waals surface area contributed by atoms with Crippen molar-refractivity contribution < 1.29 is 4.79 Å². The Kier molecular flexibility index (Phi) is 9.66. The van der Waals surface area contributed by atoms with Crippen molar-refractivity contribution in [1.82, 2.24) is 0 Å². The molecule has 0 saturated carbocycles. The first-order chi connectivity index (χ1) is 7.59. The van der Waals surface area contributed by atoms with Gasteiger partial charge in [0.25, 0.3) is 0 Å². The van der Waals surface area contributed by atoms with E-state index in [0.717, 1.165) is 12.8 Å². The third-order valence-electron chi connectivity index (χ3n) is 3.53. The average Bonchev–Trinajstić information content (AvgIpc) is 2.26. The highest BCUT2D eigenvalue weighted by Gasteiger charge is 2.15. The van der Waals surface area contributed by atoms with Gasteiger partial charge in [0.1, 0.15) is 5.78 Å². The van der Waals surface area contributed by atoms with E-state index in [4.69, 9.17) is 0 Å². The summed E-state index contributed by atoms with van der Waals surface area (Å²) in [5.41, 5.74) is 0. The van der Waals surface area contributed by atoms with Crippen LogP contribution in [0.2, 0.25) is 0 Å². The van der Waals surface area contributed by atoms with E-state index in [1.807, 2.05) is 0 Å². The molecule has 1 atom stereocenters. The van der Waals surface area contributed by atoms with Crippen molar-refractivity contribution in [2.24, 2.45) is 11.8 Å². The van der Waals surface area contributed by atoms with Gasteiger partial charge in [0, 0.05) is 12.3 Å². The van der Waals surface area contributed by atoms with E-state index < -0.39 is 0 Å². The van der Waals surface area contributed by atoms with E-state index >= 15 is 0 Å². The second-order valence-corrected chi connectivity index (χ2v) is 5.37. The fourth-order valence-corrected chi connectivity index (χ4v) is 1.86. The van der Waals surface area contributed by atoms with Gasteiger partial charge in [0.05, 0.1) is 0 Å². The molecule has 0 aliphatic rings. The van der Waals surface area contributed by atoms with Gasteiger partial charge in [-0.05, 0) is 12.3 Å². The van der Waals surface area contributed by atoms with Gasteiger partial charge in [-0.15, -0.1) is 0 Å². The summed E-state index contributed by atoms with van der Waals surface area (Å²) in [6.45, 7) is 8.57. The van der Waals surface area contributed by atoms with Crippen molar-refractivity contribution in [3.05, 3.63) is 0 Å². The van der Waals surface area contributed by atoms with Crippen molar-refractivity contribution in [2.45, 2.75) is 79.1 Å². The summed E-state index contributed by atoms with van der Waals surface area (Å²) in [7, 11) is 0. The maximum Gasteiger partial charge on any atom is 0.135 e. The van der Waals surface area contributed by atoms with E-state index in [1.165, 1.54) is 38.5 Å². The number of unbranched alkanes of at least 4 members (excludes halogenated alkanes) is 6. The predicted molar refractivity (Wildman–Crippen MR) is 71.6 cm³/mol. The molecule has 0 saturated heterocycles. The summed E-state index contributed by atoms with van der Waals surface area (Å²) in [5, 5.41) is 0. The molecule has 0 amide bonds. The van der Waals surface area contributed by atoms with E-state index in [9.17, 15) is 4.79 Å². The van der Waals surface area contributed by atoms with E-state index in [0.29, 0.717) is 11.7 Å². The van der Waals surface area contributed by atoms with Crippen LogP contribution in [0.25, 0.3) is 0 Å². The second kappa shape index (κ2) is 9.86. The summed E-state index contributed by atoms with van der Waals surface area (Å²) in [5.74, 6) is 1.21. The summed E-state index contributed by atoms with van der Waals surface area (Å²) in [6, 6.07) is 0. The van der Waals surface area contributed by atoms with Crippen molar-refractivity contribution in [3.63, 3.8) is 0 Å². The van der Waals surface area contributed by atoms with Gasteiger partial charge < -0.3 is 0 Å². The summed E-state index contributed by atoms with van der Waals surface area (Å²) >= 11 is 0. The van der Waals surface area contributed by atoms with Crippen molar-refractivity contribution >= 4 is 5.78 Å². The SMILES string of the molecule is CCCCCCCCCC(=O)C(C)C(C)C. The largest absolute Gasteiger partial charge is 0.299 e. The molecule has 0 radical (unpaired) electrons. The predicted octanol–water partition coefficient (Wildman–Crippen LogP) is 4.99. The Morgan fingerprint density at radius 3 is 1.88 bits per heavy atom. The standard InChI is InChI=1S/C15H30O/c1-5-6-7-8-9-10-11-12-15(16)14(4)13(2)3/h13-14H,5-12H2,1-4H3. The van der Waals surface area contributed by atoms with Crippen molar-refractivity contribution in [1.29, 1.82) is 0 Å². The van der Waals surface area contributed by atoms with E-state index in [-0.39, 0.29) is 5.92 Å². The highest BCUT2D eigenvalue weighted by Crippen LogP contribution is 2.15. The molecular weight excluding hydrogens is 196 g/mol. The number of ketones is 1. The third kappa shape index (κ3) is 7.90. The second-order valence-electron chi connectivity index (χ2n) is 5.37. The van der Waals surface area contributed by atoms with Gasteiger partial charge >= 0.3 is 0 Å². The average molecular weight is 226 g/mol. The van der Waals surface area contributed by atoms with Crippen LogP contribution in [0.15, 0.2) is 0 Å². The van der Waals surface area contributed by atoms with Crippen LogP contribution in [-0.2, 0) is 4.79 Å². The topological polar surface area (TPSA) is 17.1 Å². The van der Waals surface area contributed by atoms with Gasteiger partial charge in [-0.3, -0.25) is 4.79 Å². The fourth-order valence-electron chi connectivity index (χ4n) is 1.86. The Morgan fingerprint density at radius 2 is 1.38 bits per heavy atom. The third-order valence-corrected chi connectivity index (χ3v) is 3.53. The highest BCUT2D eigenvalue weighted by molar-refractivity contribution is 5.80. The maximum atomic E-state index is 11.7. The monoisotopic (exact) mass is 226 g/mol. The van der Waals surface area contributed by atoms with E-state index in [1.54, 1.807) is 0 Å². The molecular formula is C15H30O. The summed E-state index contributed by atoms with van der Waals surface area (Å²) in [6.07, 6.45) is 9.83. The molecule has 0 aromatic carbocycles. The Bertz CT molecular complexity index is 172. The fraction of sp³-hybridized carbons (Fsp3) is 0.933. The number of hydrogen-bond donors (Lipinski definition) is 0. The molecule has 0 aromatic heterocycles. The molecule has 0 aliphatic heterocycles. The van der Waals surface area contributed by atoms with Crippen molar-refractivity contribution in [2.75, 3.05) is 0 Å². The zero-order chi connectivity index (χ0) is 12.4. The number of rotatable bonds is 10. The number of carbonyl (C=O) groups is 1. The van der Waals surface area contributed by atoms with Gasteiger partial charge in [0.2, 0.25) is 0 Å². The van der Waals surface area contributed by atoms with Gasteiger partial charge in [-0.2, -0.15) is 0 Å². The van der Waals surface area contributed by atoms with Crippen molar-refractivity contribution in [3.8, 4) is 0 Å². The maximum absolute atomic E-state index is 11.7. The lowest BCUT2D eigenvalue weighted by Gasteiger charge is -2.13. The minimum Gasteiger partial charge on any atom is -0.299 e. The first kappa shape index (κ1) is 15.7. The lowest BCUT2D eigenvalue weighted by molar-refractivity contribution is -0.123. The molecule has 16 heavy (non-hydrogen) atoms. The quantitative estimate of drug-likeness (QED) is 0.480. The molecule has 1 nitrogen and oxygen atoms in total. The first-order valence-electron chi connectivity index (χ1n) is 7.12. The molecule has 0 spiro atoms. The van der Waals surface area contributed by atoms with Crippen LogP contribution in [0.5, 0.6) is 0 Å². The molecule has 1 heteroatoms. The minimum absolute atomic E-state index is 0.250. The molecule has 96 valence electrons. The molecule has 0 rings (SSSR count). The minimum atomic E-state index is 0.250. The molecule has 0 heterocycles. The summed E-state index contributed by atoms with van der Waals surface area (Å²) < 4.78 is 0. The van der Waals surface area contributed by atoms with Crippen LogP contribution in [0, 0.1) is 11.8 Å². The van der Waals surface area contributed by atoms with E-state index in [2.05, 4.69) is 27.7 Å². The summed E-state index contributed by atoms with van der Waals surface area (Å²) in [4.78, 5) is 11.7. The molecule has 0 aliphatic carbocycles. The smallest absolute Gasteiger partial charge is 0.135 e. The zero-order valence-corrected chi connectivity index (χ0v) is 11.7. The Balaban J connectivity index is 3.34. The van der Waals surface area contributed by atoms with Gasteiger partial charge in [0.15, 0.2) is 0 Å². The van der Waals surface area contributed by atoms with Crippen LogP contribution in [-0.4, -0.2) is 5.78 Å². The highest BCUT2D eigenvalue weighted by atomic mass is 16.1. The van der Waals surface area contributed by atoms with Crippen LogP contribution < -0.4 is 0 Å². The van der Waals surface area contributed by atoms with Crippen LogP contribution in [0.4, 0.5) is 0 Å². The molecule has 0 bridgehead atoms. The van der Waals surface area contributed by atoms with Crippen LogP contribution >= 0.6 is 0 Å². The molecule has 0 aromatic rings. The number of Topliss-reactive ketones (excluding diaryl/α,β-unsaturated/α-hetero) is 1. The Morgan fingerprint density at radius 1 is 0.875 bits per heavy atom.